The molecule has 0 unspecified atom stereocenters. The van der Waals surface area contributed by atoms with Crippen molar-refractivity contribution in [3.8, 4) is 0 Å². The molecule has 0 aliphatic heterocycles. The number of anilines is 1. The molecule has 2 aromatic rings. The largest absolute Gasteiger partial charge is 0.462 e. The number of carbonyl (C=O) groups excluding carboxylic acids is 1. The van der Waals surface area contributed by atoms with E-state index in [4.69, 9.17) is 10.5 Å². The molecule has 5 heteroatoms. The topological polar surface area (TPSA) is 77.0 Å². The average Bonchev–Trinajstić information content (AvgIpc) is 2.55. The molecule has 0 heterocycles. The fraction of sp³-hybridized carbons (Fsp3) is 0.235. The number of hydrogen-bond donors (Lipinski definition) is 1. The minimum atomic E-state index is -0.316. The maximum absolute atomic E-state index is 11.8. The van der Waals surface area contributed by atoms with E-state index in [1.54, 1.807) is 36.4 Å². The molecule has 22 heavy (non-hydrogen) atoms. The van der Waals surface area contributed by atoms with Gasteiger partial charge in [-0.15, -0.1) is 5.11 Å². The van der Waals surface area contributed by atoms with Crippen LogP contribution in [0.25, 0.3) is 0 Å². The summed E-state index contributed by atoms with van der Waals surface area (Å²) < 4.78 is 5.14. The summed E-state index contributed by atoms with van der Waals surface area (Å²) in [6.45, 7) is 2.50. The van der Waals surface area contributed by atoms with Gasteiger partial charge in [-0.05, 0) is 42.8 Å². The van der Waals surface area contributed by atoms with Crippen LogP contribution in [0.1, 0.15) is 30.1 Å². The number of azo groups is 1. The Labute approximate surface area is 129 Å². The van der Waals surface area contributed by atoms with Crippen LogP contribution in [0.15, 0.2) is 58.8 Å². The Kier molecular flexibility index (Phi) is 5.65. The van der Waals surface area contributed by atoms with Gasteiger partial charge in [0.05, 0.1) is 23.5 Å². The van der Waals surface area contributed by atoms with Gasteiger partial charge < -0.3 is 10.5 Å². The van der Waals surface area contributed by atoms with E-state index in [0.29, 0.717) is 29.2 Å². The molecule has 2 rings (SSSR count). The van der Waals surface area contributed by atoms with E-state index in [1.165, 1.54) is 0 Å². The lowest BCUT2D eigenvalue weighted by atomic mass is 10.2. The molecule has 0 atom stereocenters. The fourth-order valence-electron chi connectivity index (χ4n) is 1.75. The molecule has 114 valence electrons. The third-order valence-corrected chi connectivity index (χ3v) is 3.04. The lowest BCUT2D eigenvalue weighted by molar-refractivity contribution is 0.0500. The SMILES string of the molecule is CCCCOC(=O)c1ccc(/N=N/c2ccccc2N)cc1. The van der Waals surface area contributed by atoms with Crippen LogP contribution < -0.4 is 5.73 Å². The molecule has 0 aromatic heterocycles. The summed E-state index contributed by atoms with van der Waals surface area (Å²) in [4.78, 5) is 11.8. The number of carbonyl (C=O) groups is 1. The summed E-state index contributed by atoms with van der Waals surface area (Å²) in [6, 6.07) is 14.0. The number of ether oxygens (including phenoxy) is 1. The Balaban J connectivity index is 2.00. The van der Waals surface area contributed by atoms with Gasteiger partial charge in [-0.25, -0.2) is 4.79 Å². The summed E-state index contributed by atoms with van der Waals surface area (Å²) in [6.07, 6.45) is 1.87. The fourth-order valence-corrected chi connectivity index (χ4v) is 1.75. The third-order valence-electron chi connectivity index (χ3n) is 3.04. The van der Waals surface area contributed by atoms with Gasteiger partial charge in [-0.3, -0.25) is 0 Å². The van der Waals surface area contributed by atoms with Gasteiger partial charge in [-0.2, -0.15) is 5.11 Å². The number of hydrogen-bond acceptors (Lipinski definition) is 5. The molecule has 0 fully saturated rings. The Hall–Kier alpha value is -2.69. The minimum absolute atomic E-state index is 0.316. The Bertz CT molecular complexity index is 651. The molecule has 0 spiro atoms. The minimum Gasteiger partial charge on any atom is -0.462 e. The molecule has 0 saturated carbocycles. The highest BCUT2D eigenvalue weighted by Crippen LogP contribution is 2.23. The zero-order valence-corrected chi connectivity index (χ0v) is 12.5. The Morgan fingerprint density at radius 1 is 1.09 bits per heavy atom. The predicted octanol–water partition coefficient (Wildman–Crippen LogP) is 4.64. The van der Waals surface area contributed by atoms with Crippen LogP contribution in [0.3, 0.4) is 0 Å². The highest BCUT2D eigenvalue weighted by molar-refractivity contribution is 5.89. The molecule has 0 aliphatic rings. The second-order valence-corrected chi connectivity index (χ2v) is 4.80. The van der Waals surface area contributed by atoms with Crippen molar-refractivity contribution in [1.29, 1.82) is 0 Å². The van der Waals surface area contributed by atoms with Crippen molar-refractivity contribution in [2.24, 2.45) is 10.2 Å². The van der Waals surface area contributed by atoms with Crippen molar-refractivity contribution >= 4 is 23.0 Å². The maximum atomic E-state index is 11.8. The quantitative estimate of drug-likeness (QED) is 0.365. The van der Waals surface area contributed by atoms with Gasteiger partial charge in [-0.1, -0.05) is 25.5 Å². The molecule has 2 N–H and O–H groups in total. The second kappa shape index (κ2) is 7.93. The number of esters is 1. The van der Waals surface area contributed by atoms with Crippen LogP contribution in [0.2, 0.25) is 0 Å². The molecule has 0 radical (unpaired) electrons. The number of benzene rings is 2. The zero-order valence-electron chi connectivity index (χ0n) is 12.5. The molecule has 0 amide bonds. The predicted molar refractivity (Wildman–Crippen MR) is 86.7 cm³/mol. The number of nitrogens with two attached hydrogens (primary N) is 1. The van der Waals surface area contributed by atoms with Crippen LogP contribution in [-0.4, -0.2) is 12.6 Å². The van der Waals surface area contributed by atoms with Crippen LogP contribution >= 0.6 is 0 Å². The average molecular weight is 297 g/mol. The molecule has 0 saturated heterocycles. The highest BCUT2D eigenvalue weighted by Gasteiger charge is 2.06. The van der Waals surface area contributed by atoms with Crippen molar-refractivity contribution < 1.29 is 9.53 Å². The van der Waals surface area contributed by atoms with Gasteiger partial charge in [0.25, 0.3) is 0 Å². The summed E-state index contributed by atoms with van der Waals surface area (Å²) >= 11 is 0. The van der Waals surface area contributed by atoms with E-state index in [9.17, 15) is 4.79 Å². The van der Waals surface area contributed by atoms with Gasteiger partial charge in [0.1, 0.15) is 5.69 Å². The second-order valence-electron chi connectivity index (χ2n) is 4.80. The normalized spacial score (nSPS) is 10.8. The van der Waals surface area contributed by atoms with Crippen molar-refractivity contribution in [2.45, 2.75) is 19.8 Å². The van der Waals surface area contributed by atoms with Gasteiger partial charge in [0.15, 0.2) is 0 Å². The van der Waals surface area contributed by atoms with Crippen molar-refractivity contribution in [3.05, 3.63) is 54.1 Å². The first-order valence-electron chi connectivity index (χ1n) is 7.24. The van der Waals surface area contributed by atoms with Crippen LogP contribution in [0.4, 0.5) is 17.1 Å². The first kappa shape index (κ1) is 15.7. The number of rotatable bonds is 6. The summed E-state index contributed by atoms with van der Waals surface area (Å²) in [7, 11) is 0. The van der Waals surface area contributed by atoms with Gasteiger partial charge in [0.2, 0.25) is 0 Å². The van der Waals surface area contributed by atoms with Crippen molar-refractivity contribution in [3.63, 3.8) is 0 Å². The number of para-hydroxylation sites is 1. The lowest BCUT2D eigenvalue weighted by Crippen LogP contribution is -2.05. The smallest absolute Gasteiger partial charge is 0.338 e. The number of nitrogens with zero attached hydrogens (tertiary/aromatic N) is 2. The summed E-state index contributed by atoms with van der Waals surface area (Å²) in [5.74, 6) is -0.316. The Morgan fingerprint density at radius 3 is 2.50 bits per heavy atom. The van der Waals surface area contributed by atoms with Crippen LogP contribution in [0, 0.1) is 0 Å². The van der Waals surface area contributed by atoms with Gasteiger partial charge >= 0.3 is 5.97 Å². The standard InChI is InChI=1S/C17H19N3O2/c1-2-3-12-22-17(21)13-8-10-14(11-9-13)19-20-16-7-5-4-6-15(16)18/h4-11H,2-3,12,18H2,1H3/b20-19+. The summed E-state index contributed by atoms with van der Waals surface area (Å²) in [5.41, 5.74) is 8.13. The third kappa shape index (κ3) is 4.41. The zero-order chi connectivity index (χ0) is 15.8. The molecule has 5 nitrogen and oxygen atoms in total. The lowest BCUT2D eigenvalue weighted by Gasteiger charge is -2.03. The van der Waals surface area contributed by atoms with E-state index in [0.717, 1.165) is 12.8 Å². The molecule has 2 aromatic carbocycles. The highest BCUT2D eigenvalue weighted by atomic mass is 16.5. The van der Waals surface area contributed by atoms with E-state index in [2.05, 4.69) is 10.2 Å². The maximum Gasteiger partial charge on any atom is 0.338 e. The monoisotopic (exact) mass is 297 g/mol. The van der Waals surface area contributed by atoms with E-state index >= 15 is 0 Å². The molecule has 0 bridgehead atoms. The molecular formula is C17H19N3O2. The van der Waals surface area contributed by atoms with E-state index < -0.39 is 0 Å². The van der Waals surface area contributed by atoms with Crippen molar-refractivity contribution in [2.75, 3.05) is 12.3 Å². The molecular weight excluding hydrogens is 278 g/mol. The van der Waals surface area contributed by atoms with Crippen LogP contribution in [-0.2, 0) is 4.74 Å². The summed E-state index contributed by atoms with van der Waals surface area (Å²) in [5, 5.41) is 8.20. The van der Waals surface area contributed by atoms with E-state index in [-0.39, 0.29) is 5.97 Å². The van der Waals surface area contributed by atoms with E-state index in [1.807, 2.05) is 19.1 Å². The molecule has 0 aliphatic carbocycles. The van der Waals surface area contributed by atoms with Gasteiger partial charge in [0, 0.05) is 0 Å². The van der Waals surface area contributed by atoms with Crippen molar-refractivity contribution in [1.82, 2.24) is 0 Å². The Morgan fingerprint density at radius 2 is 1.82 bits per heavy atom. The number of unbranched alkanes of at least 4 members (excludes halogenated alkanes) is 1. The first-order valence-corrected chi connectivity index (χ1v) is 7.24. The first-order chi connectivity index (χ1) is 10.7. The van der Waals surface area contributed by atoms with Crippen LogP contribution in [0.5, 0.6) is 0 Å². The number of nitrogen functional groups attached to an aromatic ring is 1.